The average molecular weight is 224 g/mol. The largest absolute Gasteiger partial charge is 0.470 e. The van der Waals surface area contributed by atoms with Gasteiger partial charge in [-0.2, -0.15) is 4.99 Å². The number of carbonyl (C=O) groups is 1. The second-order valence-electron chi connectivity index (χ2n) is 3.33. The fraction of sp³-hybridized carbons (Fsp3) is 0.273. The van der Waals surface area contributed by atoms with Crippen LogP contribution in [0.25, 0.3) is 0 Å². The number of ether oxygens (including phenoxy) is 1. The summed E-state index contributed by atoms with van der Waals surface area (Å²) < 4.78 is 5.04. The highest BCUT2D eigenvalue weighted by Crippen LogP contribution is 2.18. The van der Waals surface area contributed by atoms with Gasteiger partial charge in [0, 0.05) is 5.02 Å². The number of halogens is 1. The molecule has 1 heterocycles. The zero-order chi connectivity index (χ0) is 10.7. The van der Waals surface area contributed by atoms with E-state index >= 15 is 0 Å². The van der Waals surface area contributed by atoms with Crippen molar-refractivity contribution in [1.82, 2.24) is 0 Å². The number of carbonyl (C=O) groups excluding carboxylic acids is 1. The predicted molar refractivity (Wildman–Crippen MR) is 58.1 cm³/mol. The molecule has 0 aromatic heterocycles. The van der Waals surface area contributed by atoms with Gasteiger partial charge in [-0.15, -0.1) is 0 Å². The van der Waals surface area contributed by atoms with Gasteiger partial charge in [0.25, 0.3) is 5.91 Å². The van der Waals surface area contributed by atoms with Crippen molar-refractivity contribution in [1.29, 1.82) is 0 Å². The lowest BCUT2D eigenvalue weighted by molar-refractivity contribution is -0.122. The first-order valence-electron chi connectivity index (χ1n) is 4.72. The lowest BCUT2D eigenvalue weighted by Gasteiger charge is -2.07. The molecule has 1 atom stereocenters. The van der Waals surface area contributed by atoms with E-state index in [0.717, 1.165) is 17.0 Å². The van der Waals surface area contributed by atoms with Gasteiger partial charge in [0.05, 0.1) is 0 Å². The zero-order valence-corrected chi connectivity index (χ0v) is 8.78. The average Bonchev–Trinajstić information content (AvgIpc) is 2.63. The lowest BCUT2D eigenvalue weighted by Crippen LogP contribution is -2.16. The molecular formula is C11H10ClNO2. The van der Waals surface area contributed by atoms with E-state index in [-0.39, 0.29) is 5.91 Å². The molecule has 0 aliphatic carbocycles. The molecule has 1 aliphatic rings. The molecule has 0 saturated carbocycles. The Morgan fingerprint density at radius 2 is 2.20 bits per heavy atom. The van der Waals surface area contributed by atoms with E-state index in [1.165, 1.54) is 6.40 Å². The van der Waals surface area contributed by atoms with E-state index in [0.29, 0.717) is 6.42 Å². The van der Waals surface area contributed by atoms with E-state index in [4.69, 9.17) is 16.3 Å². The molecule has 1 amide bonds. The number of aliphatic imine (C=N–C) groups is 1. The third-order valence-corrected chi connectivity index (χ3v) is 2.68. The maximum atomic E-state index is 11.1. The van der Waals surface area contributed by atoms with Gasteiger partial charge < -0.3 is 4.74 Å². The number of rotatable bonds is 3. The summed E-state index contributed by atoms with van der Waals surface area (Å²) in [6, 6.07) is 7.59. The first-order valence-corrected chi connectivity index (χ1v) is 5.10. The van der Waals surface area contributed by atoms with Crippen LogP contribution in [0, 0.1) is 0 Å². The summed E-state index contributed by atoms with van der Waals surface area (Å²) in [5, 5.41) is 0.726. The molecule has 0 saturated heterocycles. The molecule has 0 N–H and O–H groups in total. The first-order chi connectivity index (χ1) is 7.27. The van der Waals surface area contributed by atoms with Gasteiger partial charge in [0.2, 0.25) is 0 Å². The second kappa shape index (κ2) is 4.45. The van der Waals surface area contributed by atoms with Crippen LogP contribution in [0.3, 0.4) is 0 Å². The Kier molecular flexibility index (Phi) is 3.02. The Balaban J connectivity index is 1.94. The normalized spacial score (nSPS) is 19.3. The molecular weight excluding hydrogens is 214 g/mol. The Morgan fingerprint density at radius 3 is 2.87 bits per heavy atom. The fourth-order valence-electron chi connectivity index (χ4n) is 1.48. The Hall–Kier alpha value is -1.35. The molecule has 0 bridgehead atoms. The Morgan fingerprint density at radius 1 is 1.40 bits per heavy atom. The summed E-state index contributed by atoms with van der Waals surface area (Å²) in [7, 11) is 0. The molecule has 1 aliphatic heterocycles. The molecule has 4 heteroatoms. The maximum absolute atomic E-state index is 11.1. The van der Waals surface area contributed by atoms with Crippen molar-refractivity contribution >= 4 is 23.9 Å². The van der Waals surface area contributed by atoms with E-state index in [1.807, 2.05) is 24.3 Å². The Bertz CT molecular complexity index is 403. The molecule has 1 unspecified atom stereocenters. The molecule has 1 aromatic rings. The molecule has 0 spiro atoms. The smallest absolute Gasteiger partial charge is 0.289 e. The van der Waals surface area contributed by atoms with Crippen LogP contribution in [-0.2, 0) is 16.0 Å². The zero-order valence-electron chi connectivity index (χ0n) is 8.02. The van der Waals surface area contributed by atoms with E-state index < -0.39 is 6.10 Å². The summed E-state index contributed by atoms with van der Waals surface area (Å²) in [4.78, 5) is 14.7. The molecule has 0 radical (unpaired) electrons. The molecule has 1 aromatic carbocycles. The number of benzene rings is 1. The van der Waals surface area contributed by atoms with E-state index in [9.17, 15) is 4.79 Å². The SMILES string of the molecule is O=C1N=COC1CCc1ccccc1Cl. The number of aryl methyl sites for hydroxylation is 1. The number of hydrogen-bond donors (Lipinski definition) is 0. The highest BCUT2D eigenvalue weighted by Gasteiger charge is 2.22. The summed E-state index contributed by atoms with van der Waals surface area (Å²) in [5.41, 5.74) is 1.03. The van der Waals surface area contributed by atoms with E-state index in [2.05, 4.69) is 4.99 Å². The van der Waals surface area contributed by atoms with Crippen molar-refractivity contribution in [3.8, 4) is 0 Å². The summed E-state index contributed by atoms with van der Waals surface area (Å²) in [5.74, 6) is -0.206. The second-order valence-corrected chi connectivity index (χ2v) is 3.73. The maximum Gasteiger partial charge on any atom is 0.289 e. The third-order valence-electron chi connectivity index (χ3n) is 2.31. The molecule has 78 valence electrons. The van der Waals surface area contributed by atoms with Crippen LogP contribution in [-0.4, -0.2) is 18.4 Å². The lowest BCUT2D eigenvalue weighted by atomic mass is 10.1. The van der Waals surface area contributed by atoms with Crippen LogP contribution in [0.1, 0.15) is 12.0 Å². The number of amides is 1. The number of hydrogen-bond acceptors (Lipinski definition) is 2. The van der Waals surface area contributed by atoms with Crippen molar-refractivity contribution in [3.05, 3.63) is 34.9 Å². The minimum Gasteiger partial charge on any atom is -0.470 e. The highest BCUT2D eigenvalue weighted by atomic mass is 35.5. The van der Waals surface area contributed by atoms with Crippen molar-refractivity contribution in [2.75, 3.05) is 0 Å². The quantitative estimate of drug-likeness (QED) is 0.788. The van der Waals surface area contributed by atoms with E-state index in [1.54, 1.807) is 0 Å². The third kappa shape index (κ3) is 2.36. The molecule has 2 rings (SSSR count). The van der Waals surface area contributed by atoms with Crippen LogP contribution in [0.4, 0.5) is 0 Å². The fourth-order valence-corrected chi connectivity index (χ4v) is 1.71. The van der Waals surface area contributed by atoms with Gasteiger partial charge in [-0.05, 0) is 24.5 Å². The van der Waals surface area contributed by atoms with Crippen molar-refractivity contribution < 1.29 is 9.53 Å². The van der Waals surface area contributed by atoms with Gasteiger partial charge in [-0.3, -0.25) is 4.79 Å². The molecule has 3 nitrogen and oxygen atoms in total. The predicted octanol–water partition coefficient (Wildman–Crippen LogP) is 2.23. The van der Waals surface area contributed by atoms with Crippen molar-refractivity contribution in [2.45, 2.75) is 18.9 Å². The minimum atomic E-state index is -0.429. The topological polar surface area (TPSA) is 38.7 Å². The monoisotopic (exact) mass is 223 g/mol. The Labute approximate surface area is 92.7 Å². The van der Waals surface area contributed by atoms with Gasteiger partial charge in [0.1, 0.15) is 0 Å². The van der Waals surface area contributed by atoms with Gasteiger partial charge in [-0.25, -0.2) is 0 Å². The van der Waals surface area contributed by atoms with Crippen LogP contribution in [0.2, 0.25) is 5.02 Å². The van der Waals surface area contributed by atoms with Crippen LogP contribution < -0.4 is 0 Å². The van der Waals surface area contributed by atoms with Crippen LogP contribution >= 0.6 is 11.6 Å². The minimum absolute atomic E-state index is 0.206. The van der Waals surface area contributed by atoms with Crippen LogP contribution in [0.15, 0.2) is 29.3 Å². The first kappa shape index (κ1) is 10.2. The highest BCUT2D eigenvalue weighted by molar-refractivity contribution is 6.31. The van der Waals surface area contributed by atoms with Gasteiger partial charge in [0.15, 0.2) is 12.5 Å². The van der Waals surface area contributed by atoms with Crippen molar-refractivity contribution in [2.24, 2.45) is 4.99 Å². The van der Waals surface area contributed by atoms with Gasteiger partial charge >= 0.3 is 0 Å². The van der Waals surface area contributed by atoms with Crippen LogP contribution in [0.5, 0.6) is 0 Å². The summed E-state index contributed by atoms with van der Waals surface area (Å²) in [6.45, 7) is 0. The molecule has 0 fully saturated rings. The summed E-state index contributed by atoms with van der Waals surface area (Å²) >= 11 is 5.99. The summed E-state index contributed by atoms with van der Waals surface area (Å²) in [6.07, 6.45) is 2.11. The van der Waals surface area contributed by atoms with Crippen molar-refractivity contribution in [3.63, 3.8) is 0 Å². The van der Waals surface area contributed by atoms with Gasteiger partial charge in [-0.1, -0.05) is 29.8 Å². The standard InChI is InChI=1S/C11H10ClNO2/c12-9-4-2-1-3-8(9)5-6-10-11(14)13-7-15-10/h1-4,7,10H,5-6H2. The molecule has 15 heavy (non-hydrogen) atoms. The number of nitrogens with zero attached hydrogens (tertiary/aromatic N) is 1.